The molecule has 7 nitrogen and oxygen atoms in total. The molecular weight excluding hydrogens is 316 g/mol. The molecule has 0 radical (unpaired) electrons. The second-order valence-corrected chi connectivity index (χ2v) is 6.48. The molecule has 2 N–H and O–H groups in total. The van der Waals surface area contributed by atoms with Gasteiger partial charge in [-0.2, -0.15) is 8.42 Å². The van der Waals surface area contributed by atoms with Crippen LogP contribution in [0.1, 0.15) is 5.56 Å². The standard InChI is InChI=1S/C15H14N4O3S/c20-15(17-9-7-11-4-3-8-16-10-11)14-18-12-5-1-2-6-13(12)23(21,22)19-14/h1-6,8,10H,7,9H2,(H,17,20)(H,18,19). The first-order valence-corrected chi connectivity index (χ1v) is 8.38. The Morgan fingerprint density at radius 1 is 1.17 bits per heavy atom. The zero-order valence-electron chi connectivity index (χ0n) is 12.1. The highest BCUT2D eigenvalue weighted by molar-refractivity contribution is 7.90. The van der Waals surface area contributed by atoms with E-state index in [-0.39, 0.29) is 10.7 Å². The fraction of sp³-hybridized carbons (Fsp3) is 0.133. The van der Waals surface area contributed by atoms with Crippen molar-refractivity contribution in [3.8, 4) is 0 Å². The van der Waals surface area contributed by atoms with Crippen molar-refractivity contribution >= 4 is 27.5 Å². The SMILES string of the molecule is O=C(NCCc1cccnc1)C1=NS(=O)(=O)c2ccccc2N1. The molecule has 0 bridgehead atoms. The molecule has 0 atom stereocenters. The predicted octanol–water partition coefficient (Wildman–Crippen LogP) is 0.953. The molecule has 0 saturated carbocycles. The molecule has 2 aromatic rings. The van der Waals surface area contributed by atoms with E-state index in [4.69, 9.17) is 0 Å². The summed E-state index contributed by atoms with van der Waals surface area (Å²) in [5.74, 6) is -0.790. The molecule has 1 aliphatic rings. The number of sulfonamides is 1. The number of amides is 1. The van der Waals surface area contributed by atoms with E-state index in [1.165, 1.54) is 6.07 Å². The van der Waals surface area contributed by atoms with Gasteiger partial charge < -0.3 is 10.6 Å². The van der Waals surface area contributed by atoms with E-state index < -0.39 is 15.9 Å². The van der Waals surface area contributed by atoms with Gasteiger partial charge in [0.2, 0.25) is 5.84 Å². The van der Waals surface area contributed by atoms with Crippen LogP contribution in [0.2, 0.25) is 0 Å². The number of hydrogen-bond acceptors (Lipinski definition) is 5. The van der Waals surface area contributed by atoms with Gasteiger partial charge in [-0.15, -0.1) is 4.40 Å². The van der Waals surface area contributed by atoms with E-state index >= 15 is 0 Å². The first-order chi connectivity index (χ1) is 11.1. The highest BCUT2D eigenvalue weighted by Crippen LogP contribution is 2.26. The van der Waals surface area contributed by atoms with Crippen molar-refractivity contribution in [2.45, 2.75) is 11.3 Å². The van der Waals surface area contributed by atoms with Crippen molar-refractivity contribution in [2.75, 3.05) is 11.9 Å². The molecule has 3 rings (SSSR count). The van der Waals surface area contributed by atoms with Gasteiger partial charge in [-0.25, -0.2) is 0 Å². The van der Waals surface area contributed by atoms with Crippen LogP contribution in [0.5, 0.6) is 0 Å². The molecule has 2 heterocycles. The van der Waals surface area contributed by atoms with Gasteiger partial charge in [0.15, 0.2) is 0 Å². The number of hydrogen-bond donors (Lipinski definition) is 2. The Kier molecular flexibility index (Phi) is 4.07. The van der Waals surface area contributed by atoms with Crippen LogP contribution in [0.4, 0.5) is 5.69 Å². The Hall–Kier alpha value is -2.74. The van der Waals surface area contributed by atoms with Gasteiger partial charge in [0.1, 0.15) is 4.90 Å². The summed E-state index contributed by atoms with van der Waals surface area (Å²) in [6.45, 7) is 0.354. The van der Waals surface area contributed by atoms with Gasteiger partial charge in [-0.05, 0) is 30.2 Å². The van der Waals surface area contributed by atoms with Crippen LogP contribution in [-0.4, -0.2) is 31.7 Å². The molecule has 0 saturated heterocycles. The molecule has 23 heavy (non-hydrogen) atoms. The summed E-state index contributed by atoms with van der Waals surface area (Å²) >= 11 is 0. The molecule has 0 fully saturated rings. The lowest BCUT2D eigenvalue weighted by atomic mass is 10.2. The van der Waals surface area contributed by atoms with Crippen molar-refractivity contribution in [1.29, 1.82) is 0 Å². The topological polar surface area (TPSA) is 101 Å². The minimum atomic E-state index is -3.86. The van der Waals surface area contributed by atoms with Crippen LogP contribution in [0.25, 0.3) is 0 Å². The highest BCUT2D eigenvalue weighted by Gasteiger charge is 2.27. The second-order valence-electron chi connectivity index (χ2n) is 4.90. The third-order valence-corrected chi connectivity index (χ3v) is 4.60. The number of fused-ring (bicyclic) bond motifs is 1. The lowest BCUT2D eigenvalue weighted by Crippen LogP contribution is -2.39. The second kappa shape index (κ2) is 6.17. The third kappa shape index (κ3) is 3.37. The van der Waals surface area contributed by atoms with E-state index in [0.29, 0.717) is 18.7 Å². The Bertz CT molecular complexity index is 863. The predicted molar refractivity (Wildman–Crippen MR) is 85.6 cm³/mol. The maximum absolute atomic E-state index is 12.1. The monoisotopic (exact) mass is 330 g/mol. The summed E-state index contributed by atoms with van der Waals surface area (Å²) in [5, 5.41) is 5.39. The Labute approximate surface area is 133 Å². The lowest BCUT2D eigenvalue weighted by Gasteiger charge is -2.17. The zero-order chi connectivity index (χ0) is 16.3. The minimum Gasteiger partial charge on any atom is -0.349 e. The van der Waals surface area contributed by atoms with E-state index in [1.807, 2.05) is 12.1 Å². The first kappa shape index (κ1) is 15.2. The third-order valence-electron chi connectivity index (χ3n) is 3.27. The van der Waals surface area contributed by atoms with Crippen LogP contribution >= 0.6 is 0 Å². The fourth-order valence-corrected chi connectivity index (χ4v) is 3.28. The molecule has 1 amide bonds. The van der Waals surface area contributed by atoms with E-state index in [0.717, 1.165) is 5.56 Å². The molecule has 118 valence electrons. The fourth-order valence-electron chi connectivity index (χ4n) is 2.16. The van der Waals surface area contributed by atoms with Crippen LogP contribution in [0.15, 0.2) is 58.1 Å². The highest BCUT2D eigenvalue weighted by atomic mass is 32.2. The summed E-state index contributed by atoms with van der Waals surface area (Å²) in [6, 6.07) is 10.0. The quantitative estimate of drug-likeness (QED) is 0.869. The largest absolute Gasteiger partial charge is 0.349 e. The number of carbonyl (C=O) groups excluding carboxylic acids is 1. The van der Waals surface area contributed by atoms with Gasteiger partial charge in [0, 0.05) is 18.9 Å². The van der Waals surface area contributed by atoms with Crippen LogP contribution in [-0.2, 0) is 21.2 Å². The van der Waals surface area contributed by atoms with E-state index in [1.54, 1.807) is 30.6 Å². The molecule has 8 heteroatoms. The van der Waals surface area contributed by atoms with Gasteiger partial charge in [0.25, 0.3) is 15.9 Å². The number of pyridine rings is 1. The van der Waals surface area contributed by atoms with Crippen LogP contribution < -0.4 is 10.6 Å². The zero-order valence-corrected chi connectivity index (χ0v) is 12.9. The maximum atomic E-state index is 12.1. The Morgan fingerprint density at radius 3 is 2.78 bits per heavy atom. The van der Waals surface area contributed by atoms with Gasteiger partial charge >= 0.3 is 0 Å². The first-order valence-electron chi connectivity index (χ1n) is 6.94. The average Bonchev–Trinajstić information content (AvgIpc) is 2.55. The van der Waals surface area contributed by atoms with Crippen molar-refractivity contribution in [2.24, 2.45) is 4.40 Å². The van der Waals surface area contributed by atoms with Crippen molar-refractivity contribution in [1.82, 2.24) is 10.3 Å². The molecule has 0 spiro atoms. The summed E-state index contributed by atoms with van der Waals surface area (Å²) < 4.78 is 27.7. The Morgan fingerprint density at radius 2 is 2.00 bits per heavy atom. The molecule has 0 unspecified atom stereocenters. The van der Waals surface area contributed by atoms with Crippen LogP contribution in [0.3, 0.4) is 0 Å². The minimum absolute atomic E-state index is 0.0620. The molecule has 1 aliphatic heterocycles. The summed E-state index contributed by atoms with van der Waals surface area (Å²) in [5.41, 5.74) is 1.32. The number of benzene rings is 1. The van der Waals surface area contributed by atoms with Gasteiger partial charge in [-0.1, -0.05) is 18.2 Å². The number of nitrogens with zero attached hydrogens (tertiary/aromatic N) is 2. The number of carbonyl (C=O) groups is 1. The van der Waals surface area contributed by atoms with Crippen LogP contribution in [0, 0.1) is 0 Å². The van der Waals surface area contributed by atoms with Crippen molar-refractivity contribution < 1.29 is 13.2 Å². The molecule has 1 aromatic carbocycles. The van der Waals surface area contributed by atoms with Gasteiger partial charge in [0.05, 0.1) is 5.69 Å². The average molecular weight is 330 g/mol. The summed E-state index contributed by atoms with van der Waals surface area (Å²) in [4.78, 5) is 16.2. The number of aromatic nitrogens is 1. The summed E-state index contributed by atoms with van der Waals surface area (Å²) in [7, 11) is -3.86. The molecule has 0 aliphatic carbocycles. The van der Waals surface area contributed by atoms with Crippen molar-refractivity contribution in [3.63, 3.8) is 0 Å². The number of rotatable bonds is 4. The normalized spacial score (nSPS) is 15.0. The number of para-hydroxylation sites is 1. The molecular formula is C15H14N4O3S. The van der Waals surface area contributed by atoms with Gasteiger partial charge in [-0.3, -0.25) is 9.78 Å². The maximum Gasteiger partial charge on any atom is 0.287 e. The number of amidine groups is 1. The smallest absolute Gasteiger partial charge is 0.287 e. The number of nitrogens with one attached hydrogen (secondary N) is 2. The van der Waals surface area contributed by atoms with Crippen molar-refractivity contribution in [3.05, 3.63) is 54.4 Å². The van der Waals surface area contributed by atoms with E-state index in [2.05, 4.69) is 20.0 Å². The summed E-state index contributed by atoms with van der Waals surface area (Å²) in [6.07, 6.45) is 3.98. The lowest BCUT2D eigenvalue weighted by molar-refractivity contribution is -0.114. The Balaban J connectivity index is 1.68. The molecule has 1 aromatic heterocycles. The number of anilines is 1. The van der Waals surface area contributed by atoms with E-state index in [9.17, 15) is 13.2 Å².